The molecule has 2 unspecified atom stereocenters. The van der Waals surface area contributed by atoms with E-state index in [-0.39, 0.29) is 12.1 Å². The van der Waals surface area contributed by atoms with E-state index in [1.54, 1.807) is 0 Å². The monoisotopic (exact) mass is 257 g/mol. The van der Waals surface area contributed by atoms with Gasteiger partial charge in [0.05, 0.1) is 12.7 Å². The van der Waals surface area contributed by atoms with Crippen LogP contribution in [-0.2, 0) is 9.47 Å². The third-order valence-electron chi connectivity index (χ3n) is 4.73. The number of nitrogens with one attached hydrogen (secondary N) is 1. The lowest BCUT2D eigenvalue weighted by Crippen LogP contribution is -2.49. The molecule has 18 heavy (non-hydrogen) atoms. The Bertz CT molecular complexity index is 237. The van der Waals surface area contributed by atoms with Crippen LogP contribution in [-0.4, -0.2) is 50.2 Å². The zero-order valence-electron chi connectivity index (χ0n) is 11.5. The van der Waals surface area contributed by atoms with Gasteiger partial charge >= 0.3 is 0 Å². The molecule has 0 radical (unpaired) electrons. The Morgan fingerprint density at radius 1 is 1.33 bits per heavy atom. The van der Waals surface area contributed by atoms with Gasteiger partial charge < -0.3 is 19.9 Å². The van der Waals surface area contributed by atoms with Gasteiger partial charge in [0.15, 0.2) is 0 Å². The van der Waals surface area contributed by atoms with Crippen LogP contribution in [0.3, 0.4) is 0 Å². The summed E-state index contributed by atoms with van der Waals surface area (Å²) in [6.45, 7) is 2.74. The number of aliphatic hydroxyl groups excluding tert-OH is 1. The van der Waals surface area contributed by atoms with E-state index in [4.69, 9.17) is 9.47 Å². The largest absolute Gasteiger partial charge is 0.394 e. The molecule has 0 aromatic heterocycles. The number of hydrogen-bond donors (Lipinski definition) is 2. The minimum atomic E-state index is -0.0565. The van der Waals surface area contributed by atoms with Crippen LogP contribution in [0.5, 0.6) is 0 Å². The molecule has 1 aliphatic heterocycles. The molecule has 2 atom stereocenters. The maximum absolute atomic E-state index is 9.62. The molecule has 4 heteroatoms. The van der Waals surface area contributed by atoms with E-state index in [9.17, 15) is 5.11 Å². The smallest absolute Gasteiger partial charge is 0.0619 e. The lowest BCUT2D eigenvalue weighted by Gasteiger charge is -2.34. The van der Waals surface area contributed by atoms with Gasteiger partial charge in [0.25, 0.3) is 0 Å². The highest BCUT2D eigenvalue weighted by molar-refractivity contribution is 4.97. The third kappa shape index (κ3) is 3.23. The van der Waals surface area contributed by atoms with Gasteiger partial charge in [0.2, 0.25) is 0 Å². The van der Waals surface area contributed by atoms with Crippen LogP contribution < -0.4 is 5.32 Å². The summed E-state index contributed by atoms with van der Waals surface area (Å²) >= 11 is 0. The fraction of sp³-hybridized carbons (Fsp3) is 1.00. The van der Waals surface area contributed by atoms with Gasteiger partial charge in [-0.1, -0.05) is 6.42 Å². The molecule has 106 valence electrons. The maximum Gasteiger partial charge on any atom is 0.0619 e. The lowest BCUT2D eigenvalue weighted by atomic mass is 9.85. The van der Waals surface area contributed by atoms with Crippen molar-refractivity contribution in [2.75, 3.05) is 33.5 Å². The molecule has 2 aliphatic rings. The normalized spacial score (nSPS) is 34.0. The van der Waals surface area contributed by atoms with E-state index in [1.807, 2.05) is 7.05 Å². The second-order valence-electron chi connectivity index (χ2n) is 5.62. The first-order chi connectivity index (χ1) is 8.80. The average molecular weight is 257 g/mol. The minimum Gasteiger partial charge on any atom is -0.394 e. The van der Waals surface area contributed by atoms with Gasteiger partial charge in [-0.2, -0.15) is 0 Å². The standard InChI is InChI=1S/C14H27NO3/c1-15-14(11-16)7-2-3-12(14)4-10-18-13-5-8-17-9-6-13/h12-13,15-16H,2-11H2,1H3. The minimum absolute atomic E-state index is 0.0565. The Hall–Kier alpha value is -0.160. The maximum atomic E-state index is 9.62. The van der Waals surface area contributed by atoms with Crippen LogP contribution in [0.4, 0.5) is 0 Å². The fourth-order valence-electron chi connectivity index (χ4n) is 3.40. The zero-order valence-corrected chi connectivity index (χ0v) is 11.5. The Morgan fingerprint density at radius 2 is 2.11 bits per heavy atom. The van der Waals surface area contributed by atoms with Crippen LogP contribution in [0.15, 0.2) is 0 Å². The van der Waals surface area contributed by atoms with E-state index in [0.717, 1.165) is 45.5 Å². The summed E-state index contributed by atoms with van der Waals surface area (Å²) in [5, 5.41) is 13.0. The van der Waals surface area contributed by atoms with Gasteiger partial charge in [-0.05, 0) is 45.1 Å². The van der Waals surface area contributed by atoms with Crippen molar-refractivity contribution in [2.45, 2.75) is 50.2 Å². The highest BCUT2D eigenvalue weighted by Gasteiger charge is 2.40. The Labute approximate surface area is 110 Å². The summed E-state index contributed by atoms with van der Waals surface area (Å²) in [5.74, 6) is 0.548. The zero-order chi connectivity index (χ0) is 12.8. The van der Waals surface area contributed by atoms with Crippen LogP contribution >= 0.6 is 0 Å². The van der Waals surface area contributed by atoms with Crippen molar-refractivity contribution >= 4 is 0 Å². The topological polar surface area (TPSA) is 50.7 Å². The summed E-state index contributed by atoms with van der Waals surface area (Å²) < 4.78 is 11.3. The van der Waals surface area contributed by atoms with Crippen molar-refractivity contribution in [3.63, 3.8) is 0 Å². The molecule has 4 nitrogen and oxygen atoms in total. The molecule has 1 heterocycles. The molecule has 2 fully saturated rings. The molecule has 0 aromatic rings. The lowest BCUT2D eigenvalue weighted by molar-refractivity contribution is -0.0381. The number of likely N-dealkylation sites (N-methyl/N-ethyl adjacent to an activating group) is 1. The first-order valence-electron chi connectivity index (χ1n) is 7.30. The molecule has 0 spiro atoms. The van der Waals surface area contributed by atoms with Gasteiger partial charge in [0, 0.05) is 25.4 Å². The molecule has 0 bridgehead atoms. The Morgan fingerprint density at radius 3 is 2.78 bits per heavy atom. The van der Waals surface area contributed by atoms with Crippen molar-refractivity contribution in [3.8, 4) is 0 Å². The molecule has 2 N–H and O–H groups in total. The summed E-state index contributed by atoms with van der Waals surface area (Å²) in [6, 6.07) is 0. The van der Waals surface area contributed by atoms with Crippen molar-refractivity contribution in [1.82, 2.24) is 5.32 Å². The molecular weight excluding hydrogens is 230 g/mol. The fourth-order valence-corrected chi connectivity index (χ4v) is 3.40. The van der Waals surface area contributed by atoms with Crippen molar-refractivity contribution < 1.29 is 14.6 Å². The van der Waals surface area contributed by atoms with Gasteiger partial charge in [0.1, 0.15) is 0 Å². The van der Waals surface area contributed by atoms with Gasteiger partial charge in [-0.25, -0.2) is 0 Å². The third-order valence-corrected chi connectivity index (χ3v) is 4.73. The van der Waals surface area contributed by atoms with Crippen LogP contribution in [0.1, 0.15) is 38.5 Å². The molecule has 2 rings (SSSR count). The van der Waals surface area contributed by atoms with Crippen LogP contribution in [0.25, 0.3) is 0 Å². The quantitative estimate of drug-likeness (QED) is 0.753. The second-order valence-corrected chi connectivity index (χ2v) is 5.62. The summed E-state index contributed by atoms with van der Waals surface area (Å²) in [4.78, 5) is 0. The summed E-state index contributed by atoms with van der Waals surface area (Å²) in [6.07, 6.45) is 7.00. The Balaban J connectivity index is 1.72. The first kappa shape index (κ1) is 14.3. The number of hydrogen-bond acceptors (Lipinski definition) is 4. The van der Waals surface area contributed by atoms with Crippen molar-refractivity contribution in [1.29, 1.82) is 0 Å². The number of ether oxygens (including phenoxy) is 2. The molecule has 1 saturated heterocycles. The van der Waals surface area contributed by atoms with Gasteiger partial charge in [-0.15, -0.1) is 0 Å². The van der Waals surface area contributed by atoms with E-state index in [1.165, 1.54) is 12.8 Å². The first-order valence-corrected chi connectivity index (χ1v) is 7.30. The number of rotatable bonds is 6. The van der Waals surface area contributed by atoms with Crippen molar-refractivity contribution in [2.24, 2.45) is 5.92 Å². The molecular formula is C14H27NO3. The van der Waals surface area contributed by atoms with E-state index in [2.05, 4.69) is 5.32 Å². The van der Waals surface area contributed by atoms with Crippen molar-refractivity contribution in [3.05, 3.63) is 0 Å². The van der Waals surface area contributed by atoms with Crippen LogP contribution in [0.2, 0.25) is 0 Å². The highest BCUT2D eigenvalue weighted by atomic mass is 16.5. The predicted molar refractivity (Wildman–Crippen MR) is 70.6 cm³/mol. The Kier molecular flexibility index (Phi) is 5.42. The molecule has 1 saturated carbocycles. The van der Waals surface area contributed by atoms with E-state index in [0.29, 0.717) is 12.0 Å². The predicted octanol–water partition coefficient (Wildman–Crippen LogP) is 1.32. The molecule has 1 aliphatic carbocycles. The molecule has 0 aromatic carbocycles. The summed E-state index contributed by atoms with van der Waals surface area (Å²) in [7, 11) is 1.97. The second kappa shape index (κ2) is 6.85. The van der Waals surface area contributed by atoms with E-state index >= 15 is 0 Å². The summed E-state index contributed by atoms with van der Waals surface area (Å²) in [5.41, 5.74) is -0.0565. The van der Waals surface area contributed by atoms with Gasteiger partial charge in [-0.3, -0.25) is 0 Å². The average Bonchev–Trinajstić information content (AvgIpc) is 2.84. The SMILES string of the molecule is CNC1(CO)CCCC1CCOC1CCOCC1. The highest BCUT2D eigenvalue weighted by Crippen LogP contribution is 2.37. The number of aliphatic hydroxyl groups is 1. The molecule has 0 amide bonds. The van der Waals surface area contributed by atoms with E-state index < -0.39 is 0 Å². The van der Waals surface area contributed by atoms with Crippen LogP contribution in [0, 0.1) is 5.92 Å².